The standard InChI is InChI=1S/C12H10ClN3O2S/c13-8-2-1-3-9(6-8)15-11(18)7-19-12-14-5-4-10(17)16-12/h1-6H,7H2,(H,15,18)(H,14,16,17). The second kappa shape index (κ2) is 6.40. The SMILES string of the molecule is O=C(CSc1nccc(=O)[nH]1)Nc1cccc(Cl)c1. The monoisotopic (exact) mass is 295 g/mol. The van der Waals surface area contributed by atoms with Crippen molar-refractivity contribution in [2.24, 2.45) is 0 Å². The molecule has 0 unspecified atom stereocenters. The molecule has 0 fully saturated rings. The number of amides is 1. The Kier molecular flexibility index (Phi) is 4.59. The van der Waals surface area contributed by atoms with Gasteiger partial charge in [0.1, 0.15) is 0 Å². The molecular formula is C12H10ClN3O2S. The van der Waals surface area contributed by atoms with Crippen molar-refractivity contribution in [3.8, 4) is 0 Å². The average Bonchev–Trinajstić information content (AvgIpc) is 2.36. The normalized spacial score (nSPS) is 10.2. The zero-order valence-corrected chi connectivity index (χ0v) is 11.3. The molecule has 2 rings (SSSR count). The summed E-state index contributed by atoms with van der Waals surface area (Å²) in [4.78, 5) is 29.2. The number of thioether (sulfide) groups is 1. The van der Waals surface area contributed by atoms with Crippen molar-refractivity contribution < 1.29 is 4.79 Å². The summed E-state index contributed by atoms with van der Waals surface area (Å²) in [5, 5.41) is 3.67. The number of carbonyl (C=O) groups excluding carboxylic acids is 1. The maximum absolute atomic E-state index is 11.7. The van der Waals surface area contributed by atoms with Crippen molar-refractivity contribution in [3.05, 3.63) is 51.9 Å². The summed E-state index contributed by atoms with van der Waals surface area (Å²) >= 11 is 6.97. The number of anilines is 1. The van der Waals surface area contributed by atoms with E-state index in [1.54, 1.807) is 24.3 Å². The number of hydrogen-bond donors (Lipinski definition) is 2. The largest absolute Gasteiger partial charge is 0.325 e. The number of nitrogens with zero attached hydrogens (tertiary/aromatic N) is 1. The summed E-state index contributed by atoms with van der Waals surface area (Å²) in [6.45, 7) is 0. The number of aromatic nitrogens is 2. The van der Waals surface area contributed by atoms with Gasteiger partial charge in [0.05, 0.1) is 5.75 Å². The number of carbonyl (C=O) groups is 1. The Bertz CT molecular complexity index is 645. The van der Waals surface area contributed by atoms with E-state index in [1.807, 2.05) is 0 Å². The lowest BCUT2D eigenvalue weighted by Crippen LogP contribution is -2.15. The number of halogens is 1. The number of aromatic amines is 1. The quantitative estimate of drug-likeness (QED) is 0.669. The van der Waals surface area contributed by atoms with Gasteiger partial charge in [-0.3, -0.25) is 9.59 Å². The van der Waals surface area contributed by atoms with Crippen LogP contribution < -0.4 is 10.9 Å². The summed E-state index contributed by atoms with van der Waals surface area (Å²) < 4.78 is 0. The fourth-order valence-corrected chi connectivity index (χ4v) is 2.16. The van der Waals surface area contributed by atoms with Gasteiger partial charge < -0.3 is 10.3 Å². The maximum atomic E-state index is 11.7. The van der Waals surface area contributed by atoms with E-state index < -0.39 is 0 Å². The predicted octanol–water partition coefficient (Wildman–Crippen LogP) is 2.15. The highest BCUT2D eigenvalue weighted by Gasteiger charge is 2.05. The van der Waals surface area contributed by atoms with E-state index in [1.165, 1.54) is 12.3 Å². The van der Waals surface area contributed by atoms with Crippen LogP contribution in [0.3, 0.4) is 0 Å². The van der Waals surface area contributed by atoms with Crippen LogP contribution in [0.15, 0.2) is 46.5 Å². The topological polar surface area (TPSA) is 74.8 Å². The van der Waals surface area contributed by atoms with Gasteiger partial charge >= 0.3 is 0 Å². The first-order valence-corrected chi connectivity index (χ1v) is 6.73. The first-order chi connectivity index (χ1) is 9.13. The average molecular weight is 296 g/mol. The molecule has 2 N–H and O–H groups in total. The second-order valence-electron chi connectivity index (χ2n) is 3.59. The lowest BCUT2D eigenvalue weighted by atomic mass is 10.3. The minimum atomic E-state index is -0.243. The third-order valence-electron chi connectivity index (χ3n) is 2.10. The van der Waals surface area contributed by atoms with Crippen molar-refractivity contribution in [2.75, 3.05) is 11.1 Å². The van der Waals surface area contributed by atoms with Crippen LogP contribution in [-0.2, 0) is 4.79 Å². The molecule has 0 saturated heterocycles. The summed E-state index contributed by atoms with van der Waals surface area (Å²) in [7, 11) is 0. The van der Waals surface area contributed by atoms with Crippen LogP contribution in [0.25, 0.3) is 0 Å². The molecule has 0 spiro atoms. The molecule has 98 valence electrons. The fourth-order valence-electron chi connectivity index (χ4n) is 1.32. The summed E-state index contributed by atoms with van der Waals surface area (Å²) in [6, 6.07) is 8.20. The molecule has 2 aromatic rings. The molecule has 1 amide bonds. The number of nitrogens with one attached hydrogen (secondary N) is 2. The van der Waals surface area contributed by atoms with Crippen molar-refractivity contribution >= 4 is 35.0 Å². The molecule has 1 aromatic heterocycles. The Labute approximate surface area is 118 Å². The molecule has 1 aromatic carbocycles. The predicted molar refractivity (Wildman–Crippen MR) is 75.7 cm³/mol. The van der Waals surface area contributed by atoms with E-state index in [0.29, 0.717) is 15.9 Å². The van der Waals surface area contributed by atoms with Gasteiger partial charge in [0, 0.05) is 23.0 Å². The van der Waals surface area contributed by atoms with Crippen LogP contribution >= 0.6 is 23.4 Å². The van der Waals surface area contributed by atoms with Crippen LogP contribution in [0.2, 0.25) is 5.02 Å². The third-order valence-corrected chi connectivity index (χ3v) is 3.22. The Morgan fingerprint density at radius 2 is 2.26 bits per heavy atom. The van der Waals surface area contributed by atoms with E-state index in [0.717, 1.165) is 11.8 Å². The van der Waals surface area contributed by atoms with Gasteiger partial charge in [0.2, 0.25) is 5.91 Å². The highest BCUT2D eigenvalue weighted by molar-refractivity contribution is 7.99. The molecule has 0 radical (unpaired) electrons. The molecule has 0 aliphatic rings. The second-order valence-corrected chi connectivity index (χ2v) is 4.99. The minimum absolute atomic E-state index is 0.152. The van der Waals surface area contributed by atoms with Crippen LogP contribution in [0.1, 0.15) is 0 Å². The molecular weight excluding hydrogens is 286 g/mol. The molecule has 0 aliphatic carbocycles. The van der Waals surface area contributed by atoms with E-state index >= 15 is 0 Å². The van der Waals surface area contributed by atoms with Gasteiger partial charge in [0.25, 0.3) is 5.56 Å². The van der Waals surface area contributed by atoms with Crippen molar-refractivity contribution in [2.45, 2.75) is 5.16 Å². The minimum Gasteiger partial charge on any atom is -0.325 e. The van der Waals surface area contributed by atoms with E-state index in [2.05, 4.69) is 15.3 Å². The lowest BCUT2D eigenvalue weighted by molar-refractivity contribution is -0.113. The van der Waals surface area contributed by atoms with Gasteiger partial charge in [-0.15, -0.1) is 0 Å². The number of rotatable bonds is 4. The zero-order chi connectivity index (χ0) is 13.7. The highest BCUT2D eigenvalue weighted by Crippen LogP contribution is 2.16. The van der Waals surface area contributed by atoms with Crippen molar-refractivity contribution in [1.82, 2.24) is 9.97 Å². The van der Waals surface area contributed by atoms with Gasteiger partial charge in [-0.1, -0.05) is 29.4 Å². The van der Waals surface area contributed by atoms with E-state index in [9.17, 15) is 9.59 Å². The number of hydrogen-bond acceptors (Lipinski definition) is 4. The Balaban J connectivity index is 1.90. The fraction of sp³-hybridized carbons (Fsp3) is 0.0833. The molecule has 19 heavy (non-hydrogen) atoms. The van der Waals surface area contributed by atoms with Gasteiger partial charge in [-0.25, -0.2) is 4.98 Å². The molecule has 0 bridgehead atoms. The number of benzene rings is 1. The van der Waals surface area contributed by atoms with Crippen LogP contribution in [-0.4, -0.2) is 21.6 Å². The maximum Gasteiger partial charge on any atom is 0.251 e. The van der Waals surface area contributed by atoms with E-state index in [-0.39, 0.29) is 17.2 Å². The summed E-state index contributed by atoms with van der Waals surface area (Å²) in [6.07, 6.45) is 1.40. The van der Waals surface area contributed by atoms with Gasteiger partial charge in [-0.2, -0.15) is 0 Å². The molecule has 0 aliphatic heterocycles. The first-order valence-electron chi connectivity index (χ1n) is 5.37. The Morgan fingerprint density at radius 1 is 1.42 bits per heavy atom. The number of H-pyrrole nitrogens is 1. The lowest BCUT2D eigenvalue weighted by Gasteiger charge is -2.04. The van der Waals surface area contributed by atoms with Crippen LogP contribution in [0.4, 0.5) is 5.69 Å². The van der Waals surface area contributed by atoms with Crippen molar-refractivity contribution in [1.29, 1.82) is 0 Å². The Morgan fingerprint density at radius 3 is 3.00 bits per heavy atom. The zero-order valence-electron chi connectivity index (χ0n) is 9.72. The molecule has 0 saturated carbocycles. The molecule has 7 heteroatoms. The first kappa shape index (κ1) is 13.6. The Hall–Kier alpha value is -1.79. The molecule has 0 atom stereocenters. The van der Waals surface area contributed by atoms with E-state index in [4.69, 9.17) is 11.6 Å². The summed E-state index contributed by atoms with van der Waals surface area (Å²) in [5.41, 5.74) is 0.389. The molecule has 5 nitrogen and oxygen atoms in total. The van der Waals surface area contributed by atoms with Gasteiger partial charge in [-0.05, 0) is 18.2 Å². The van der Waals surface area contributed by atoms with Gasteiger partial charge in [0.15, 0.2) is 5.16 Å². The molecule has 1 heterocycles. The highest BCUT2D eigenvalue weighted by atomic mass is 35.5. The smallest absolute Gasteiger partial charge is 0.251 e. The van der Waals surface area contributed by atoms with Crippen LogP contribution in [0, 0.1) is 0 Å². The summed E-state index contributed by atoms with van der Waals surface area (Å²) in [5.74, 6) is -0.0433. The third kappa shape index (κ3) is 4.42. The van der Waals surface area contributed by atoms with Crippen molar-refractivity contribution in [3.63, 3.8) is 0 Å². The van der Waals surface area contributed by atoms with Crippen LogP contribution in [0.5, 0.6) is 0 Å².